The van der Waals surface area contributed by atoms with E-state index >= 15 is 0 Å². The molecule has 1 saturated carbocycles. The Bertz CT molecular complexity index is 784. The zero-order valence-corrected chi connectivity index (χ0v) is 15.5. The lowest BCUT2D eigenvalue weighted by atomic mass is 10.1. The van der Waals surface area contributed by atoms with Crippen LogP contribution in [-0.2, 0) is 13.1 Å². The molecule has 25 heavy (non-hydrogen) atoms. The maximum atomic E-state index is 13.2. The Morgan fingerprint density at radius 2 is 2.00 bits per heavy atom. The standard InChI is InChI=1S/C20H28N4O/c1-14-10-21-22(11-14)13-18-5-4-8-23(18)20(25)19-9-15(2)24(16(19)3)12-17-6-7-17/h9-11,17-18H,4-8,12-13H2,1-3H3/t18-/m0/s1. The van der Waals surface area contributed by atoms with Gasteiger partial charge in [0, 0.05) is 30.7 Å². The van der Waals surface area contributed by atoms with Crippen LogP contribution in [0, 0.1) is 26.7 Å². The van der Waals surface area contributed by atoms with Gasteiger partial charge in [-0.3, -0.25) is 9.48 Å². The van der Waals surface area contributed by atoms with Crippen molar-refractivity contribution in [2.24, 2.45) is 5.92 Å². The van der Waals surface area contributed by atoms with E-state index in [0.717, 1.165) is 49.7 Å². The molecule has 0 aromatic carbocycles. The number of rotatable bonds is 5. The lowest BCUT2D eigenvalue weighted by molar-refractivity contribution is 0.0720. The molecule has 2 aromatic heterocycles. The van der Waals surface area contributed by atoms with E-state index in [1.807, 2.05) is 10.9 Å². The molecular formula is C20H28N4O. The van der Waals surface area contributed by atoms with Crippen LogP contribution >= 0.6 is 0 Å². The Balaban J connectivity index is 1.53. The first-order valence-electron chi connectivity index (χ1n) is 9.49. The minimum absolute atomic E-state index is 0.196. The maximum absolute atomic E-state index is 13.2. The van der Waals surface area contributed by atoms with Crippen LogP contribution in [0.3, 0.4) is 0 Å². The summed E-state index contributed by atoms with van der Waals surface area (Å²) in [6, 6.07) is 2.34. The average Bonchev–Trinajstić information content (AvgIpc) is 3.01. The molecule has 1 aliphatic heterocycles. The van der Waals surface area contributed by atoms with Crippen molar-refractivity contribution in [1.82, 2.24) is 19.2 Å². The van der Waals surface area contributed by atoms with Gasteiger partial charge in [0.2, 0.25) is 0 Å². The predicted octanol–water partition coefficient (Wildman–Crippen LogP) is 3.32. The van der Waals surface area contributed by atoms with E-state index in [-0.39, 0.29) is 11.9 Å². The van der Waals surface area contributed by atoms with Crippen molar-refractivity contribution in [3.63, 3.8) is 0 Å². The molecule has 0 N–H and O–H groups in total. The summed E-state index contributed by atoms with van der Waals surface area (Å²) in [4.78, 5) is 15.3. The monoisotopic (exact) mass is 340 g/mol. The Labute approximate surface area is 149 Å². The Kier molecular flexibility index (Phi) is 4.18. The highest BCUT2D eigenvalue weighted by atomic mass is 16.2. The second-order valence-electron chi connectivity index (χ2n) is 7.87. The largest absolute Gasteiger partial charge is 0.348 e. The van der Waals surface area contributed by atoms with Crippen LogP contribution < -0.4 is 0 Å². The van der Waals surface area contributed by atoms with Crippen molar-refractivity contribution in [1.29, 1.82) is 0 Å². The van der Waals surface area contributed by atoms with Crippen LogP contribution in [0.4, 0.5) is 0 Å². The molecule has 1 amide bonds. The Hall–Kier alpha value is -2.04. The van der Waals surface area contributed by atoms with Crippen molar-refractivity contribution < 1.29 is 4.79 Å². The van der Waals surface area contributed by atoms with Crippen LogP contribution in [0.15, 0.2) is 18.5 Å². The van der Waals surface area contributed by atoms with Gasteiger partial charge in [0.05, 0.1) is 24.3 Å². The molecule has 0 spiro atoms. The smallest absolute Gasteiger partial charge is 0.255 e. The van der Waals surface area contributed by atoms with E-state index in [4.69, 9.17) is 0 Å². The zero-order chi connectivity index (χ0) is 17.6. The van der Waals surface area contributed by atoms with Crippen LogP contribution in [0.1, 0.15) is 53.0 Å². The summed E-state index contributed by atoms with van der Waals surface area (Å²) in [6.07, 6.45) is 8.74. The van der Waals surface area contributed by atoms with Crippen LogP contribution in [0.5, 0.6) is 0 Å². The second kappa shape index (κ2) is 6.36. The highest BCUT2D eigenvalue weighted by Crippen LogP contribution is 2.33. The molecule has 5 heteroatoms. The summed E-state index contributed by atoms with van der Waals surface area (Å²) < 4.78 is 4.31. The SMILES string of the molecule is Cc1cnn(C[C@@H]2CCCN2C(=O)c2cc(C)n(CC3CC3)c2C)c1. The van der Waals surface area contributed by atoms with Gasteiger partial charge in [-0.15, -0.1) is 0 Å². The molecule has 5 nitrogen and oxygen atoms in total. The minimum atomic E-state index is 0.196. The minimum Gasteiger partial charge on any atom is -0.348 e. The van der Waals surface area contributed by atoms with E-state index in [1.165, 1.54) is 24.1 Å². The Morgan fingerprint density at radius 1 is 1.20 bits per heavy atom. The van der Waals surface area contributed by atoms with Gasteiger partial charge in [0.1, 0.15) is 0 Å². The summed E-state index contributed by atoms with van der Waals surface area (Å²) in [6.45, 7) is 9.00. The molecular weight excluding hydrogens is 312 g/mol. The molecule has 2 aliphatic rings. The Morgan fingerprint density at radius 3 is 2.68 bits per heavy atom. The third-order valence-corrected chi connectivity index (χ3v) is 5.74. The molecule has 4 rings (SSSR count). The van der Waals surface area contributed by atoms with Crippen molar-refractivity contribution in [3.8, 4) is 0 Å². The summed E-state index contributed by atoms with van der Waals surface area (Å²) in [5, 5.41) is 4.40. The van der Waals surface area contributed by atoms with Gasteiger partial charge in [-0.05, 0) is 64.0 Å². The van der Waals surface area contributed by atoms with Crippen LogP contribution in [-0.4, -0.2) is 37.7 Å². The number of carbonyl (C=O) groups excluding carboxylic acids is 1. The fourth-order valence-electron chi connectivity index (χ4n) is 4.09. The van der Waals surface area contributed by atoms with Crippen molar-refractivity contribution >= 4 is 5.91 Å². The third kappa shape index (κ3) is 3.24. The quantitative estimate of drug-likeness (QED) is 0.838. The molecule has 0 unspecified atom stereocenters. The number of aromatic nitrogens is 3. The molecule has 1 atom stereocenters. The van der Waals surface area contributed by atoms with Gasteiger partial charge in [-0.1, -0.05) is 0 Å². The van der Waals surface area contributed by atoms with Crippen molar-refractivity contribution in [2.45, 2.75) is 65.6 Å². The molecule has 0 radical (unpaired) electrons. The van der Waals surface area contributed by atoms with E-state index in [1.54, 1.807) is 0 Å². The first-order chi connectivity index (χ1) is 12.0. The lowest BCUT2D eigenvalue weighted by Crippen LogP contribution is -2.38. The van der Waals surface area contributed by atoms with E-state index in [0.29, 0.717) is 0 Å². The summed E-state index contributed by atoms with van der Waals surface area (Å²) in [5.41, 5.74) is 4.40. The topological polar surface area (TPSA) is 43.1 Å². The molecule has 3 heterocycles. The van der Waals surface area contributed by atoms with Crippen molar-refractivity contribution in [2.75, 3.05) is 6.54 Å². The average molecular weight is 340 g/mol. The number of carbonyl (C=O) groups is 1. The molecule has 1 saturated heterocycles. The van der Waals surface area contributed by atoms with Gasteiger partial charge in [-0.25, -0.2) is 0 Å². The van der Waals surface area contributed by atoms with Gasteiger partial charge in [0.25, 0.3) is 5.91 Å². The fraction of sp³-hybridized carbons (Fsp3) is 0.600. The van der Waals surface area contributed by atoms with Gasteiger partial charge < -0.3 is 9.47 Å². The molecule has 1 aliphatic carbocycles. The number of likely N-dealkylation sites (tertiary alicyclic amines) is 1. The number of nitrogens with zero attached hydrogens (tertiary/aromatic N) is 4. The van der Waals surface area contributed by atoms with Gasteiger partial charge in [-0.2, -0.15) is 5.10 Å². The number of hydrogen-bond acceptors (Lipinski definition) is 2. The second-order valence-corrected chi connectivity index (χ2v) is 7.87. The van der Waals surface area contributed by atoms with E-state index < -0.39 is 0 Å². The summed E-state index contributed by atoms with van der Waals surface area (Å²) in [7, 11) is 0. The summed E-state index contributed by atoms with van der Waals surface area (Å²) >= 11 is 0. The van der Waals surface area contributed by atoms with E-state index in [2.05, 4.69) is 47.6 Å². The predicted molar refractivity (Wildman–Crippen MR) is 97.7 cm³/mol. The first kappa shape index (κ1) is 16.4. The highest BCUT2D eigenvalue weighted by molar-refractivity contribution is 5.96. The van der Waals surface area contributed by atoms with Gasteiger partial charge in [0.15, 0.2) is 0 Å². The first-order valence-corrected chi connectivity index (χ1v) is 9.49. The summed E-state index contributed by atoms with van der Waals surface area (Å²) in [5.74, 6) is 1.01. The van der Waals surface area contributed by atoms with Crippen LogP contribution in [0.25, 0.3) is 0 Å². The normalized spacial score (nSPS) is 20.4. The number of aryl methyl sites for hydroxylation is 2. The van der Waals surface area contributed by atoms with Crippen LogP contribution in [0.2, 0.25) is 0 Å². The van der Waals surface area contributed by atoms with E-state index in [9.17, 15) is 4.79 Å². The molecule has 0 bridgehead atoms. The zero-order valence-electron chi connectivity index (χ0n) is 15.5. The fourth-order valence-corrected chi connectivity index (χ4v) is 4.09. The van der Waals surface area contributed by atoms with Gasteiger partial charge >= 0.3 is 0 Å². The number of amides is 1. The maximum Gasteiger partial charge on any atom is 0.255 e. The molecule has 134 valence electrons. The highest BCUT2D eigenvalue weighted by Gasteiger charge is 2.32. The molecule has 2 aromatic rings. The molecule has 2 fully saturated rings. The number of hydrogen-bond donors (Lipinski definition) is 0. The van der Waals surface area contributed by atoms with Crippen molar-refractivity contribution in [3.05, 3.63) is 41.0 Å². The third-order valence-electron chi connectivity index (χ3n) is 5.74. The lowest BCUT2D eigenvalue weighted by Gasteiger charge is -2.25.